The second-order valence-electron chi connectivity index (χ2n) is 3.96. The van der Waals surface area contributed by atoms with Crippen molar-refractivity contribution >= 4 is 21.6 Å². The highest BCUT2D eigenvalue weighted by molar-refractivity contribution is 7.93. The molecule has 0 unspecified atom stereocenters. The molecule has 0 radical (unpaired) electrons. The Kier molecular flexibility index (Phi) is 4.00. The molecule has 0 saturated heterocycles. The van der Waals surface area contributed by atoms with Crippen LogP contribution in [0.4, 0.5) is 5.69 Å². The summed E-state index contributed by atoms with van der Waals surface area (Å²) in [4.78, 5) is 12.0. The second-order valence-corrected chi connectivity index (χ2v) is 5.75. The zero-order valence-corrected chi connectivity index (χ0v) is 11.5. The third kappa shape index (κ3) is 2.62. The average Bonchev–Trinajstić information content (AvgIpc) is 2.49. The van der Waals surface area contributed by atoms with Crippen molar-refractivity contribution in [3.63, 3.8) is 0 Å². The van der Waals surface area contributed by atoms with Crippen LogP contribution in [0.25, 0.3) is 0 Å². The highest BCUT2D eigenvalue weighted by Crippen LogP contribution is 2.23. The van der Waals surface area contributed by atoms with Gasteiger partial charge in [0.15, 0.2) is 0 Å². The fourth-order valence-corrected chi connectivity index (χ4v) is 3.15. The van der Waals surface area contributed by atoms with Crippen LogP contribution in [0.1, 0.15) is 0 Å². The maximum absolute atomic E-state index is 12.6. The zero-order chi connectivity index (χ0) is 14.6. The molecule has 2 rings (SSSR count). The Bertz CT molecular complexity index is 709. The van der Waals surface area contributed by atoms with Crippen molar-refractivity contribution in [3.05, 3.63) is 73.3 Å². The summed E-state index contributed by atoms with van der Waals surface area (Å²) in [6.07, 6.45) is 0.980. The van der Waals surface area contributed by atoms with Crippen LogP contribution >= 0.6 is 0 Å². The molecule has 0 bridgehead atoms. The largest absolute Gasteiger partial charge is 0.271 e. The van der Waals surface area contributed by atoms with Gasteiger partial charge in [0.05, 0.1) is 10.6 Å². The van der Waals surface area contributed by atoms with Crippen LogP contribution in [-0.4, -0.2) is 14.3 Å². The van der Waals surface area contributed by atoms with Crippen molar-refractivity contribution in [2.24, 2.45) is 0 Å². The van der Waals surface area contributed by atoms with E-state index in [-0.39, 0.29) is 10.6 Å². The Morgan fingerprint density at radius 2 is 1.45 bits per heavy atom. The minimum Gasteiger partial charge on any atom is -0.268 e. The van der Waals surface area contributed by atoms with Crippen LogP contribution in [0.3, 0.4) is 0 Å². The van der Waals surface area contributed by atoms with E-state index in [0.29, 0.717) is 0 Å². The normalized spacial score (nSPS) is 10.8. The van der Waals surface area contributed by atoms with E-state index < -0.39 is 15.9 Å². The molecule has 20 heavy (non-hydrogen) atoms. The van der Waals surface area contributed by atoms with Gasteiger partial charge in [-0.1, -0.05) is 43.0 Å². The number of para-hydroxylation sites is 1. The zero-order valence-electron chi connectivity index (χ0n) is 10.6. The summed E-state index contributed by atoms with van der Waals surface area (Å²) in [5, 5.41) is 0. The smallest absolute Gasteiger partial charge is 0.268 e. The lowest BCUT2D eigenvalue weighted by Crippen LogP contribution is -2.35. The van der Waals surface area contributed by atoms with E-state index in [4.69, 9.17) is 0 Å². The van der Waals surface area contributed by atoms with E-state index in [0.717, 1.165) is 10.4 Å². The molecule has 5 heteroatoms. The van der Waals surface area contributed by atoms with Crippen molar-refractivity contribution in [1.29, 1.82) is 0 Å². The monoisotopic (exact) mass is 287 g/mol. The summed E-state index contributed by atoms with van der Waals surface area (Å²) >= 11 is 0. The molecule has 0 N–H and O–H groups in total. The second kappa shape index (κ2) is 5.71. The van der Waals surface area contributed by atoms with Crippen LogP contribution in [0, 0.1) is 0 Å². The molecule has 0 aliphatic rings. The summed E-state index contributed by atoms with van der Waals surface area (Å²) in [7, 11) is -3.95. The minimum atomic E-state index is -3.95. The molecule has 0 heterocycles. The molecule has 0 aliphatic heterocycles. The number of hydrogen-bond donors (Lipinski definition) is 0. The SMILES string of the molecule is C=CC(=O)N(c1ccccc1)S(=O)(=O)c1ccccc1. The van der Waals surface area contributed by atoms with E-state index in [1.807, 2.05) is 0 Å². The number of rotatable bonds is 4. The number of nitrogens with zero attached hydrogens (tertiary/aromatic N) is 1. The third-order valence-electron chi connectivity index (χ3n) is 2.65. The Labute approximate surface area is 118 Å². The first-order valence-electron chi connectivity index (χ1n) is 5.89. The van der Waals surface area contributed by atoms with Crippen molar-refractivity contribution in [2.75, 3.05) is 4.31 Å². The Morgan fingerprint density at radius 1 is 0.950 bits per heavy atom. The summed E-state index contributed by atoms with van der Waals surface area (Å²) in [5.41, 5.74) is 0.279. The molecule has 0 spiro atoms. The first kappa shape index (κ1) is 14.0. The topological polar surface area (TPSA) is 54.5 Å². The number of hydrogen-bond acceptors (Lipinski definition) is 3. The number of anilines is 1. The van der Waals surface area contributed by atoms with Crippen LogP contribution in [-0.2, 0) is 14.8 Å². The summed E-state index contributed by atoms with van der Waals surface area (Å²) in [5.74, 6) is -0.694. The van der Waals surface area contributed by atoms with E-state index in [2.05, 4.69) is 6.58 Å². The van der Waals surface area contributed by atoms with Crippen molar-refractivity contribution in [2.45, 2.75) is 4.90 Å². The Hall–Kier alpha value is -2.40. The number of carbonyl (C=O) groups is 1. The molecule has 1 amide bonds. The lowest BCUT2D eigenvalue weighted by molar-refractivity contribution is -0.113. The average molecular weight is 287 g/mol. The van der Waals surface area contributed by atoms with Crippen LogP contribution in [0.5, 0.6) is 0 Å². The molecular formula is C15H13NO3S. The van der Waals surface area contributed by atoms with Crippen LogP contribution in [0.15, 0.2) is 78.2 Å². The third-order valence-corrected chi connectivity index (χ3v) is 4.39. The van der Waals surface area contributed by atoms with E-state index in [9.17, 15) is 13.2 Å². The number of amides is 1. The predicted octanol–water partition coefficient (Wildman–Crippen LogP) is 2.59. The number of benzene rings is 2. The minimum absolute atomic E-state index is 0.0547. The van der Waals surface area contributed by atoms with E-state index in [1.54, 1.807) is 48.5 Å². The van der Waals surface area contributed by atoms with Gasteiger partial charge in [0.1, 0.15) is 0 Å². The molecule has 2 aromatic rings. The lowest BCUT2D eigenvalue weighted by Gasteiger charge is -2.21. The fraction of sp³-hybridized carbons (Fsp3) is 0. The molecule has 0 fully saturated rings. The first-order chi connectivity index (χ1) is 9.57. The maximum Gasteiger partial charge on any atom is 0.271 e. The van der Waals surface area contributed by atoms with E-state index >= 15 is 0 Å². The molecular weight excluding hydrogens is 274 g/mol. The van der Waals surface area contributed by atoms with Crippen molar-refractivity contribution in [1.82, 2.24) is 0 Å². The van der Waals surface area contributed by atoms with Gasteiger partial charge in [0, 0.05) is 0 Å². The van der Waals surface area contributed by atoms with Crippen molar-refractivity contribution < 1.29 is 13.2 Å². The lowest BCUT2D eigenvalue weighted by atomic mass is 10.3. The van der Waals surface area contributed by atoms with Gasteiger partial charge in [-0.15, -0.1) is 0 Å². The Morgan fingerprint density at radius 3 is 1.95 bits per heavy atom. The van der Waals surface area contributed by atoms with Gasteiger partial charge in [0.2, 0.25) is 0 Å². The Balaban J connectivity index is 2.59. The molecule has 4 nitrogen and oxygen atoms in total. The molecule has 0 atom stereocenters. The summed E-state index contributed by atoms with van der Waals surface area (Å²) in [6.45, 7) is 3.36. The fourth-order valence-electron chi connectivity index (χ4n) is 1.73. The summed E-state index contributed by atoms with van der Waals surface area (Å²) < 4.78 is 25.9. The van der Waals surface area contributed by atoms with Gasteiger partial charge in [-0.2, -0.15) is 4.31 Å². The molecule has 0 aromatic heterocycles. The molecule has 0 aliphatic carbocycles. The van der Waals surface area contributed by atoms with Gasteiger partial charge >= 0.3 is 0 Å². The molecule has 102 valence electrons. The highest BCUT2D eigenvalue weighted by Gasteiger charge is 2.28. The van der Waals surface area contributed by atoms with Crippen LogP contribution < -0.4 is 4.31 Å². The standard InChI is InChI=1S/C15H13NO3S/c1-2-15(17)16(13-9-5-3-6-10-13)20(18,19)14-11-7-4-8-12-14/h2-12H,1H2. The van der Waals surface area contributed by atoms with Crippen LogP contribution in [0.2, 0.25) is 0 Å². The van der Waals surface area contributed by atoms with Gasteiger partial charge in [-0.25, -0.2) is 8.42 Å². The number of sulfonamides is 1. The van der Waals surface area contributed by atoms with Crippen molar-refractivity contribution in [3.8, 4) is 0 Å². The highest BCUT2D eigenvalue weighted by atomic mass is 32.2. The molecule has 0 saturated carbocycles. The number of carbonyl (C=O) groups excluding carboxylic acids is 1. The summed E-state index contributed by atoms with van der Waals surface area (Å²) in [6, 6.07) is 16.0. The van der Waals surface area contributed by atoms with Gasteiger partial charge < -0.3 is 0 Å². The van der Waals surface area contributed by atoms with E-state index in [1.165, 1.54) is 12.1 Å². The van der Waals surface area contributed by atoms with Gasteiger partial charge in [-0.3, -0.25) is 4.79 Å². The van der Waals surface area contributed by atoms with Gasteiger partial charge in [-0.05, 0) is 30.3 Å². The molecule has 2 aromatic carbocycles. The maximum atomic E-state index is 12.6. The van der Waals surface area contributed by atoms with Gasteiger partial charge in [0.25, 0.3) is 15.9 Å². The predicted molar refractivity (Wildman–Crippen MR) is 77.8 cm³/mol. The quantitative estimate of drug-likeness (QED) is 0.812. The first-order valence-corrected chi connectivity index (χ1v) is 7.33.